The van der Waals surface area contributed by atoms with Crippen LogP contribution in [0.15, 0.2) is 17.3 Å². The van der Waals surface area contributed by atoms with E-state index in [1.54, 1.807) is 6.20 Å². The topological polar surface area (TPSA) is 74.5 Å². The molecule has 1 aliphatic carbocycles. The molecule has 0 unspecified atom stereocenters. The normalized spacial score (nSPS) is 18.5. The van der Waals surface area contributed by atoms with Gasteiger partial charge in [0, 0.05) is 26.3 Å². The largest absolute Gasteiger partial charge is 0.388 e. The van der Waals surface area contributed by atoms with Gasteiger partial charge in [-0.2, -0.15) is 5.10 Å². The molecule has 0 aliphatic heterocycles. The van der Waals surface area contributed by atoms with E-state index in [0.717, 1.165) is 43.9 Å². The van der Waals surface area contributed by atoms with Crippen LogP contribution in [0, 0.1) is 0 Å². The van der Waals surface area contributed by atoms with Crippen LogP contribution in [0.25, 0.3) is 0 Å². The van der Waals surface area contributed by atoms with Crippen LogP contribution in [-0.4, -0.2) is 39.5 Å². The molecule has 1 aromatic rings. The second-order valence-corrected chi connectivity index (χ2v) is 5.78. The van der Waals surface area contributed by atoms with Crippen molar-refractivity contribution in [1.29, 1.82) is 0 Å². The molecule has 0 spiro atoms. The Morgan fingerprint density at radius 2 is 2.14 bits per heavy atom. The highest BCUT2D eigenvalue weighted by Crippen LogP contribution is 2.27. The quantitative estimate of drug-likeness (QED) is 0.563. The molecule has 0 radical (unpaired) electrons. The first-order valence-electron chi connectivity index (χ1n) is 7.84. The van der Waals surface area contributed by atoms with Gasteiger partial charge in [-0.1, -0.05) is 19.3 Å². The number of guanidine groups is 1. The molecule has 21 heavy (non-hydrogen) atoms. The van der Waals surface area contributed by atoms with E-state index in [-0.39, 0.29) is 0 Å². The zero-order valence-corrected chi connectivity index (χ0v) is 13.1. The van der Waals surface area contributed by atoms with Crippen molar-refractivity contribution < 1.29 is 5.11 Å². The Morgan fingerprint density at radius 1 is 1.38 bits per heavy atom. The van der Waals surface area contributed by atoms with Crippen molar-refractivity contribution in [3.05, 3.63) is 18.0 Å². The van der Waals surface area contributed by atoms with Gasteiger partial charge in [-0.25, -0.2) is 4.99 Å². The highest BCUT2D eigenvalue weighted by atomic mass is 16.3. The Morgan fingerprint density at radius 3 is 2.76 bits per heavy atom. The van der Waals surface area contributed by atoms with Gasteiger partial charge in [0.25, 0.3) is 0 Å². The molecule has 118 valence electrons. The van der Waals surface area contributed by atoms with Crippen LogP contribution >= 0.6 is 0 Å². The third-order valence-electron chi connectivity index (χ3n) is 4.04. The molecule has 0 atom stereocenters. The van der Waals surface area contributed by atoms with Gasteiger partial charge in [0.15, 0.2) is 5.96 Å². The van der Waals surface area contributed by atoms with Gasteiger partial charge in [0.1, 0.15) is 0 Å². The third-order valence-corrected chi connectivity index (χ3v) is 4.04. The van der Waals surface area contributed by atoms with Gasteiger partial charge >= 0.3 is 0 Å². The van der Waals surface area contributed by atoms with Crippen LogP contribution in [0.1, 0.15) is 44.7 Å². The molecule has 0 amide bonds. The van der Waals surface area contributed by atoms with Gasteiger partial charge in [0.05, 0.1) is 17.8 Å². The molecule has 0 aromatic carbocycles. The van der Waals surface area contributed by atoms with Gasteiger partial charge in [-0.3, -0.25) is 4.68 Å². The number of aliphatic imine (C=N–C) groups is 1. The summed E-state index contributed by atoms with van der Waals surface area (Å²) in [4.78, 5) is 4.55. The molecule has 1 saturated carbocycles. The zero-order chi connectivity index (χ0) is 15.1. The highest BCUT2D eigenvalue weighted by Gasteiger charge is 2.29. The Hall–Kier alpha value is -1.56. The van der Waals surface area contributed by atoms with E-state index >= 15 is 0 Å². The summed E-state index contributed by atoms with van der Waals surface area (Å²) < 4.78 is 1.82. The van der Waals surface area contributed by atoms with Crippen molar-refractivity contribution in [3.63, 3.8) is 0 Å². The summed E-state index contributed by atoms with van der Waals surface area (Å²) in [5.74, 6) is 0.748. The highest BCUT2D eigenvalue weighted by molar-refractivity contribution is 5.79. The van der Waals surface area contributed by atoms with Crippen LogP contribution in [0.3, 0.4) is 0 Å². The van der Waals surface area contributed by atoms with E-state index in [4.69, 9.17) is 0 Å². The lowest BCUT2D eigenvalue weighted by Gasteiger charge is -2.32. The fourth-order valence-electron chi connectivity index (χ4n) is 2.69. The van der Waals surface area contributed by atoms with Crippen molar-refractivity contribution in [3.8, 4) is 0 Å². The maximum Gasteiger partial charge on any atom is 0.191 e. The molecule has 0 bridgehead atoms. The molecule has 3 N–H and O–H groups in total. The Balaban J connectivity index is 1.90. The number of nitrogens with zero attached hydrogens (tertiary/aromatic N) is 3. The monoisotopic (exact) mass is 293 g/mol. The van der Waals surface area contributed by atoms with E-state index < -0.39 is 5.60 Å². The van der Waals surface area contributed by atoms with E-state index in [1.807, 2.05) is 24.7 Å². The van der Waals surface area contributed by atoms with Crippen molar-refractivity contribution in [2.45, 2.75) is 51.2 Å². The first kappa shape index (κ1) is 15.8. The summed E-state index contributed by atoms with van der Waals surface area (Å²) >= 11 is 0. The second kappa shape index (κ2) is 7.45. The predicted molar refractivity (Wildman–Crippen MR) is 84.1 cm³/mol. The molecule has 1 fully saturated rings. The fraction of sp³-hybridized carbons (Fsp3) is 0.733. The standard InChI is InChI=1S/C15H27N5O/c1-3-16-14(17-11-13-7-10-19-20(13)2)18-12-15(21)8-5-4-6-9-15/h7,10,21H,3-6,8-9,11-12H2,1-2H3,(H2,16,17,18). The number of hydrogen-bond donors (Lipinski definition) is 3. The number of nitrogens with one attached hydrogen (secondary N) is 2. The van der Waals surface area contributed by atoms with Gasteiger partial charge in [-0.15, -0.1) is 0 Å². The molecule has 1 heterocycles. The summed E-state index contributed by atoms with van der Waals surface area (Å²) in [6.07, 6.45) is 6.98. The third kappa shape index (κ3) is 4.74. The number of aromatic nitrogens is 2. The minimum absolute atomic E-state index is 0.560. The first-order chi connectivity index (χ1) is 10.1. The maximum atomic E-state index is 10.5. The molecule has 1 aromatic heterocycles. The van der Waals surface area contributed by atoms with Gasteiger partial charge in [-0.05, 0) is 25.8 Å². The SMILES string of the molecule is CCNC(=NCc1ccnn1C)NCC1(O)CCCCC1. The molecule has 6 heteroatoms. The summed E-state index contributed by atoms with van der Waals surface area (Å²) in [7, 11) is 1.91. The predicted octanol–water partition coefficient (Wildman–Crippen LogP) is 1.17. The van der Waals surface area contributed by atoms with Crippen molar-refractivity contribution >= 4 is 5.96 Å². The van der Waals surface area contributed by atoms with E-state index in [1.165, 1.54) is 6.42 Å². The zero-order valence-electron chi connectivity index (χ0n) is 13.1. The lowest BCUT2D eigenvalue weighted by molar-refractivity contribution is 0.00859. The van der Waals surface area contributed by atoms with E-state index in [9.17, 15) is 5.11 Å². The van der Waals surface area contributed by atoms with Gasteiger partial charge in [0.2, 0.25) is 0 Å². The summed E-state index contributed by atoms with van der Waals surface area (Å²) in [6.45, 7) is 3.97. The number of hydrogen-bond acceptors (Lipinski definition) is 3. The lowest BCUT2D eigenvalue weighted by atomic mass is 9.85. The molecule has 6 nitrogen and oxygen atoms in total. The molecular formula is C15H27N5O. The first-order valence-corrected chi connectivity index (χ1v) is 7.84. The number of rotatable bonds is 5. The van der Waals surface area contributed by atoms with E-state index in [0.29, 0.717) is 13.1 Å². The van der Waals surface area contributed by atoms with Crippen LogP contribution in [0.4, 0.5) is 0 Å². The lowest BCUT2D eigenvalue weighted by Crippen LogP contribution is -2.48. The summed E-state index contributed by atoms with van der Waals surface area (Å²) in [5, 5.41) is 21.2. The number of aliphatic hydroxyl groups is 1. The summed E-state index contributed by atoms with van der Waals surface area (Å²) in [6, 6.07) is 1.96. The average molecular weight is 293 g/mol. The van der Waals surface area contributed by atoms with Crippen molar-refractivity contribution in [1.82, 2.24) is 20.4 Å². The minimum atomic E-state index is -0.582. The van der Waals surface area contributed by atoms with E-state index in [2.05, 4.69) is 20.7 Å². The Bertz CT molecular complexity index is 462. The minimum Gasteiger partial charge on any atom is -0.388 e. The fourth-order valence-corrected chi connectivity index (χ4v) is 2.69. The molecule has 2 rings (SSSR count). The Labute approximate surface area is 126 Å². The van der Waals surface area contributed by atoms with Crippen LogP contribution in [-0.2, 0) is 13.6 Å². The van der Waals surface area contributed by atoms with Crippen LogP contribution in [0.2, 0.25) is 0 Å². The number of aryl methyl sites for hydroxylation is 1. The van der Waals surface area contributed by atoms with Crippen molar-refractivity contribution in [2.75, 3.05) is 13.1 Å². The smallest absolute Gasteiger partial charge is 0.191 e. The molecular weight excluding hydrogens is 266 g/mol. The summed E-state index contributed by atoms with van der Waals surface area (Å²) in [5.41, 5.74) is 0.477. The van der Waals surface area contributed by atoms with Crippen LogP contribution < -0.4 is 10.6 Å². The maximum absolute atomic E-state index is 10.5. The van der Waals surface area contributed by atoms with Crippen LogP contribution in [0.5, 0.6) is 0 Å². The Kier molecular flexibility index (Phi) is 5.61. The molecule has 1 aliphatic rings. The molecule has 0 saturated heterocycles. The van der Waals surface area contributed by atoms with Crippen molar-refractivity contribution in [2.24, 2.45) is 12.0 Å². The average Bonchev–Trinajstić information content (AvgIpc) is 2.88. The second-order valence-electron chi connectivity index (χ2n) is 5.78. The van der Waals surface area contributed by atoms with Gasteiger partial charge < -0.3 is 15.7 Å².